The van der Waals surface area contributed by atoms with Crippen LogP contribution >= 0.6 is 23.2 Å². The molecule has 0 aliphatic heterocycles. The molecule has 0 radical (unpaired) electrons. The standard InChI is InChI=1S/C27H20Cl2F2N6O6S/c28-18-8-17(37-27(39)34-26(38)23(35-37)25(30)31)9-19(29)24(18)43-22-10-21(44(40,41)36-16-6-15(7-16)11-32)20(12-33-22)42-13-14-4-2-1-3-5-14/h1-5,8-10,12,15-16,25,36H,6-7,13H2,(H,34,38,39)/t15-,16-. The Morgan fingerprint density at radius 1 is 1.14 bits per heavy atom. The summed E-state index contributed by atoms with van der Waals surface area (Å²) in [6.07, 6.45) is -1.40. The largest absolute Gasteiger partial charge is 0.486 e. The fourth-order valence-electron chi connectivity index (χ4n) is 4.22. The van der Waals surface area contributed by atoms with Crippen LogP contribution in [0, 0.1) is 17.2 Å². The monoisotopic (exact) mass is 664 g/mol. The van der Waals surface area contributed by atoms with Gasteiger partial charge in [0, 0.05) is 18.0 Å². The lowest BCUT2D eigenvalue weighted by molar-refractivity contribution is 0.141. The number of sulfonamides is 1. The molecule has 17 heteroatoms. The van der Waals surface area contributed by atoms with Crippen LogP contribution in [0.3, 0.4) is 0 Å². The fraction of sp³-hybridized carbons (Fsp3) is 0.222. The molecular formula is C27H20Cl2F2N6O6S. The highest BCUT2D eigenvalue weighted by Crippen LogP contribution is 2.39. The van der Waals surface area contributed by atoms with E-state index in [1.165, 1.54) is 0 Å². The second-order valence-electron chi connectivity index (χ2n) is 9.56. The van der Waals surface area contributed by atoms with Gasteiger partial charge < -0.3 is 9.47 Å². The van der Waals surface area contributed by atoms with Crippen molar-refractivity contribution in [2.75, 3.05) is 0 Å². The SMILES string of the molecule is N#C[C@H]1C[C@H](NS(=O)(=O)c2cc(Oc3c(Cl)cc(-n4nc(C(F)F)c(=O)[nH]c4=O)cc3Cl)ncc2OCc2ccccc2)C1. The molecule has 5 rings (SSSR count). The average molecular weight is 665 g/mol. The van der Waals surface area contributed by atoms with E-state index in [0.29, 0.717) is 17.5 Å². The number of hydrogen-bond acceptors (Lipinski definition) is 9. The minimum atomic E-state index is -4.19. The maximum absolute atomic E-state index is 13.4. The van der Waals surface area contributed by atoms with Crippen molar-refractivity contribution < 1.29 is 26.7 Å². The van der Waals surface area contributed by atoms with Crippen molar-refractivity contribution in [1.82, 2.24) is 24.5 Å². The fourth-order valence-corrected chi connectivity index (χ4v) is 6.16. The second kappa shape index (κ2) is 12.7. The number of benzene rings is 2. The highest BCUT2D eigenvalue weighted by atomic mass is 35.5. The molecule has 12 nitrogen and oxygen atoms in total. The summed E-state index contributed by atoms with van der Waals surface area (Å²) >= 11 is 12.7. The Morgan fingerprint density at radius 2 is 1.82 bits per heavy atom. The molecule has 1 saturated carbocycles. The number of halogens is 4. The number of H-pyrrole nitrogens is 1. The molecule has 2 heterocycles. The van der Waals surface area contributed by atoms with Gasteiger partial charge in [-0.3, -0.25) is 9.78 Å². The second-order valence-corrected chi connectivity index (χ2v) is 12.1. The Balaban J connectivity index is 1.47. The van der Waals surface area contributed by atoms with Crippen LogP contribution < -0.4 is 25.4 Å². The van der Waals surface area contributed by atoms with E-state index in [-0.39, 0.29) is 50.5 Å². The molecule has 44 heavy (non-hydrogen) atoms. The van der Waals surface area contributed by atoms with Gasteiger partial charge in [0.15, 0.2) is 17.2 Å². The van der Waals surface area contributed by atoms with Crippen LogP contribution in [-0.2, 0) is 16.6 Å². The first kappa shape index (κ1) is 31.1. The summed E-state index contributed by atoms with van der Waals surface area (Å²) in [6.45, 7) is 0.0374. The Hall–Kier alpha value is -4.36. The van der Waals surface area contributed by atoms with Gasteiger partial charge in [-0.25, -0.2) is 31.7 Å². The topological polar surface area (TPSA) is 169 Å². The molecule has 2 N–H and O–H groups in total. The highest BCUT2D eigenvalue weighted by molar-refractivity contribution is 7.89. The van der Waals surface area contributed by atoms with Gasteiger partial charge in [-0.2, -0.15) is 15.0 Å². The van der Waals surface area contributed by atoms with Gasteiger partial charge in [-0.05, 0) is 30.5 Å². The van der Waals surface area contributed by atoms with Crippen molar-refractivity contribution in [3.05, 3.63) is 96.9 Å². The summed E-state index contributed by atoms with van der Waals surface area (Å²) in [5.74, 6) is -0.780. The maximum Gasteiger partial charge on any atom is 0.349 e. The number of hydrogen-bond donors (Lipinski definition) is 2. The minimum Gasteiger partial charge on any atom is -0.486 e. The van der Waals surface area contributed by atoms with Gasteiger partial charge >= 0.3 is 5.69 Å². The summed E-state index contributed by atoms with van der Waals surface area (Å²) in [5.41, 5.74) is -3.05. The molecule has 2 aromatic carbocycles. The number of nitriles is 1. The number of aromatic nitrogens is 4. The summed E-state index contributed by atoms with van der Waals surface area (Å²) in [5, 5.41) is 12.0. The molecule has 1 fully saturated rings. The number of pyridine rings is 1. The van der Waals surface area contributed by atoms with E-state index in [0.717, 1.165) is 30.0 Å². The van der Waals surface area contributed by atoms with Crippen LogP contribution in [-0.4, -0.2) is 34.2 Å². The van der Waals surface area contributed by atoms with Gasteiger partial charge in [-0.15, -0.1) is 0 Å². The lowest BCUT2D eigenvalue weighted by Gasteiger charge is -2.31. The molecule has 4 aromatic rings. The van der Waals surface area contributed by atoms with Crippen LogP contribution in [0.2, 0.25) is 10.0 Å². The zero-order valence-electron chi connectivity index (χ0n) is 22.2. The summed E-state index contributed by atoms with van der Waals surface area (Å²) < 4.78 is 67.7. The first-order valence-corrected chi connectivity index (χ1v) is 15.0. The van der Waals surface area contributed by atoms with Crippen molar-refractivity contribution in [3.8, 4) is 29.1 Å². The lowest BCUT2D eigenvalue weighted by Crippen LogP contribution is -2.43. The van der Waals surface area contributed by atoms with Gasteiger partial charge in [0.05, 0.1) is 28.0 Å². The summed E-state index contributed by atoms with van der Waals surface area (Å²) in [7, 11) is -4.19. The Morgan fingerprint density at radius 3 is 2.45 bits per heavy atom. The zero-order valence-corrected chi connectivity index (χ0v) is 24.5. The van der Waals surface area contributed by atoms with Crippen molar-refractivity contribution in [2.45, 2.75) is 36.8 Å². The van der Waals surface area contributed by atoms with E-state index >= 15 is 0 Å². The quantitative estimate of drug-likeness (QED) is 0.248. The number of nitrogens with zero attached hydrogens (tertiary/aromatic N) is 4. The first-order valence-electron chi connectivity index (χ1n) is 12.7. The zero-order chi connectivity index (χ0) is 31.6. The number of alkyl halides is 2. The predicted octanol–water partition coefficient (Wildman–Crippen LogP) is 4.51. The van der Waals surface area contributed by atoms with Crippen LogP contribution in [0.4, 0.5) is 8.78 Å². The highest BCUT2D eigenvalue weighted by Gasteiger charge is 2.34. The molecule has 0 unspecified atom stereocenters. The molecule has 228 valence electrons. The van der Waals surface area contributed by atoms with Crippen LogP contribution in [0.25, 0.3) is 5.69 Å². The number of ether oxygens (including phenoxy) is 2. The maximum atomic E-state index is 13.4. The van der Waals surface area contributed by atoms with Crippen molar-refractivity contribution in [2.24, 2.45) is 5.92 Å². The molecule has 2 aromatic heterocycles. The van der Waals surface area contributed by atoms with E-state index in [1.54, 1.807) is 29.2 Å². The van der Waals surface area contributed by atoms with Gasteiger partial charge in [0.25, 0.3) is 12.0 Å². The third-order valence-corrected chi connectivity index (χ3v) is 8.57. The molecule has 0 amide bonds. The van der Waals surface area contributed by atoms with Crippen molar-refractivity contribution >= 4 is 33.2 Å². The van der Waals surface area contributed by atoms with E-state index in [1.807, 2.05) is 6.07 Å². The molecule has 0 bridgehead atoms. The van der Waals surface area contributed by atoms with Gasteiger partial charge in [-0.1, -0.05) is 53.5 Å². The first-order chi connectivity index (χ1) is 20.9. The Kier molecular flexibility index (Phi) is 8.97. The van der Waals surface area contributed by atoms with E-state index in [2.05, 4.69) is 20.9 Å². The number of rotatable bonds is 10. The molecule has 1 aliphatic carbocycles. The smallest absolute Gasteiger partial charge is 0.349 e. The van der Waals surface area contributed by atoms with Gasteiger partial charge in [0.2, 0.25) is 15.9 Å². The number of nitrogens with one attached hydrogen (secondary N) is 2. The van der Waals surface area contributed by atoms with E-state index in [9.17, 15) is 26.8 Å². The van der Waals surface area contributed by atoms with Crippen LogP contribution in [0.5, 0.6) is 17.4 Å². The van der Waals surface area contributed by atoms with Crippen LogP contribution in [0.1, 0.15) is 30.5 Å². The predicted molar refractivity (Wildman–Crippen MR) is 153 cm³/mol. The molecule has 0 saturated heterocycles. The molecule has 1 aliphatic rings. The summed E-state index contributed by atoms with van der Waals surface area (Å²) in [4.78, 5) is 29.5. The van der Waals surface area contributed by atoms with Crippen LogP contribution in [0.15, 0.2) is 69.2 Å². The lowest BCUT2D eigenvalue weighted by atomic mass is 9.82. The Bertz CT molecular complexity index is 1960. The van der Waals surface area contributed by atoms with E-state index < -0.39 is 39.4 Å². The molecule has 0 atom stereocenters. The van der Waals surface area contributed by atoms with E-state index in [4.69, 9.17) is 37.9 Å². The summed E-state index contributed by atoms with van der Waals surface area (Å²) in [6, 6.07) is 14.0. The minimum absolute atomic E-state index is 0.0374. The normalized spacial score (nSPS) is 16.3. The third kappa shape index (κ3) is 6.73. The Labute approximate surface area is 257 Å². The van der Waals surface area contributed by atoms with Crippen molar-refractivity contribution in [1.29, 1.82) is 5.26 Å². The number of aromatic amines is 1. The average Bonchev–Trinajstić information content (AvgIpc) is 2.96. The molecule has 0 spiro atoms. The van der Waals surface area contributed by atoms with Crippen molar-refractivity contribution in [3.63, 3.8) is 0 Å². The van der Waals surface area contributed by atoms with Gasteiger partial charge in [0.1, 0.15) is 11.5 Å². The molecular weight excluding hydrogens is 645 g/mol. The third-order valence-electron chi connectivity index (χ3n) is 6.47.